The van der Waals surface area contributed by atoms with E-state index in [1.165, 1.54) is 0 Å². The normalized spacial score (nSPS) is 10.5. The number of hydrogen-bond donors (Lipinski definition) is 0. The van der Waals surface area contributed by atoms with Crippen LogP contribution >= 0.6 is 0 Å². The van der Waals surface area contributed by atoms with Crippen molar-refractivity contribution >= 4 is 0 Å². The van der Waals surface area contributed by atoms with E-state index >= 15 is 0 Å². The van der Waals surface area contributed by atoms with E-state index in [9.17, 15) is 0 Å². The summed E-state index contributed by atoms with van der Waals surface area (Å²) in [6.45, 7) is 4.38. The van der Waals surface area contributed by atoms with Gasteiger partial charge in [0.25, 0.3) is 0 Å². The van der Waals surface area contributed by atoms with Gasteiger partial charge in [-0.1, -0.05) is 32.0 Å². The van der Waals surface area contributed by atoms with Crippen molar-refractivity contribution in [3.05, 3.63) is 54.4 Å². The summed E-state index contributed by atoms with van der Waals surface area (Å²) in [4.78, 5) is 4.39. The fourth-order valence-electron chi connectivity index (χ4n) is 1.63. The maximum Gasteiger partial charge on any atom is 0.145 e. The largest absolute Gasteiger partial charge is 0.456 e. The van der Waals surface area contributed by atoms with Crippen LogP contribution in [0.15, 0.2) is 48.7 Å². The molecule has 0 aliphatic rings. The molecule has 0 aliphatic carbocycles. The molecule has 0 saturated carbocycles. The lowest BCUT2D eigenvalue weighted by Gasteiger charge is -2.07. The molecule has 0 spiro atoms. The van der Waals surface area contributed by atoms with Gasteiger partial charge in [0.1, 0.15) is 11.5 Å². The van der Waals surface area contributed by atoms with Crippen LogP contribution in [-0.2, 0) is 6.42 Å². The van der Waals surface area contributed by atoms with Crippen LogP contribution in [-0.4, -0.2) is 4.98 Å². The van der Waals surface area contributed by atoms with Gasteiger partial charge in [-0.15, -0.1) is 0 Å². The topological polar surface area (TPSA) is 22.1 Å². The highest BCUT2D eigenvalue weighted by atomic mass is 16.5. The number of nitrogens with zero attached hydrogens (tertiary/aromatic N) is 1. The van der Waals surface area contributed by atoms with Gasteiger partial charge in [0, 0.05) is 5.69 Å². The summed E-state index contributed by atoms with van der Waals surface area (Å²) < 4.78 is 5.68. The third-order valence-corrected chi connectivity index (χ3v) is 2.39. The Morgan fingerprint density at radius 3 is 2.35 bits per heavy atom. The average molecular weight is 227 g/mol. The summed E-state index contributed by atoms with van der Waals surface area (Å²) >= 11 is 0. The lowest BCUT2D eigenvalue weighted by Crippen LogP contribution is -1.96. The molecule has 0 N–H and O–H groups in total. The molecule has 2 aromatic rings. The first kappa shape index (κ1) is 11.6. The van der Waals surface area contributed by atoms with Crippen LogP contribution in [0.2, 0.25) is 0 Å². The average Bonchev–Trinajstić information content (AvgIpc) is 2.32. The summed E-state index contributed by atoms with van der Waals surface area (Å²) in [5.74, 6) is 2.25. The number of para-hydroxylation sites is 1. The van der Waals surface area contributed by atoms with Gasteiger partial charge in [-0.05, 0) is 36.6 Å². The Bertz CT molecular complexity index is 448. The first-order valence-electron chi connectivity index (χ1n) is 5.92. The van der Waals surface area contributed by atoms with E-state index in [0.29, 0.717) is 5.92 Å². The van der Waals surface area contributed by atoms with Crippen LogP contribution in [0.25, 0.3) is 0 Å². The van der Waals surface area contributed by atoms with Crippen molar-refractivity contribution in [2.24, 2.45) is 5.92 Å². The van der Waals surface area contributed by atoms with Crippen molar-refractivity contribution in [3.63, 3.8) is 0 Å². The summed E-state index contributed by atoms with van der Waals surface area (Å²) in [5.41, 5.74) is 1.11. The molecule has 0 saturated heterocycles. The molecule has 17 heavy (non-hydrogen) atoms. The van der Waals surface area contributed by atoms with Gasteiger partial charge in [-0.2, -0.15) is 0 Å². The summed E-state index contributed by atoms with van der Waals surface area (Å²) in [7, 11) is 0. The molecule has 1 heterocycles. The molecule has 0 radical (unpaired) electrons. The highest BCUT2D eigenvalue weighted by molar-refractivity contribution is 5.29. The first-order valence-corrected chi connectivity index (χ1v) is 5.92. The molecular weight excluding hydrogens is 210 g/mol. The Kier molecular flexibility index (Phi) is 3.76. The zero-order chi connectivity index (χ0) is 12.1. The lowest BCUT2D eigenvalue weighted by molar-refractivity contribution is 0.479. The third kappa shape index (κ3) is 3.59. The minimum absolute atomic E-state index is 0.628. The fraction of sp³-hybridized carbons (Fsp3) is 0.267. The van der Waals surface area contributed by atoms with Crippen LogP contribution < -0.4 is 4.74 Å². The Balaban J connectivity index is 2.03. The van der Waals surface area contributed by atoms with Crippen molar-refractivity contribution in [2.45, 2.75) is 20.3 Å². The van der Waals surface area contributed by atoms with Gasteiger partial charge in [-0.25, -0.2) is 0 Å². The molecule has 0 atom stereocenters. The minimum Gasteiger partial charge on any atom is -0.456 e. The van der Waals surface area contributed by atoms with Crippen LogP contribution in [0.4, 0.5) is 0 Å². The number of ether oxygens (including phenoxy) is 1. The molecule has 1 aromatic carbocycles. The highest BCUT2D eigenvalue weighted by Gasteiger charge is 2.00. The molecule has 1 aromatic heterocycles. The highest BCUT2D eigenvalue weighted by Crippen LogP contribution is 2.20. The van der Waals surface area contributed by atoms with Gasteiger partial charge in [0.2, 0.25) is 0 Å². The molecule has 2 nitrogen and oxygen atoms in total. The Morgan fingerprint density at radius 1 is 1.00 bits per heavy atom. The zero-order valence-electron chi connectivity index (χ0n) is 10.3. The van der Waals surface area contributed by atoms with Crippen molar-refractivity contribution in [2.75, 3.05) is 0 Å². The van der Waals surface area contributed by atoms with Crippen LogP contribution in [0.3, 0.4) is 0 Å². The van der Waals surface area contributed by atoms with E-state index in [1.807, 2.05) is 42.5 Å². The predicted octanol–water partition coefficient (Wildman–Crippen LogP) is 4.07. The number of hydrogen-bond acceptors (Lipinski definition) is 2. The molecule has 0 fully saturated rings. The van der Waals surface area contributed by atoms with Gasteiger partial charge in [-0.3, -0.25) is 4.98 Å². The third-order valence-electron chi connectivity index (χ3n) is 2.39. The fourth-order valence-corrected chi connectivity index (χ4v) is 1.63. The van der Waals surface area contributed by atoms with Gasteiger partial charge in [0.05, 0.1) is 6.20 Å². The monoisotopic (exact) mass is 227 g/mol. The quantitative estimate of drug-likeness (QED) is 0.785. The van der Waals surface area contributed by atoms with Gasteiger partial charge in [0.15, 0.2) is 0 Å². The number of benzene rings is 1. The molecule has 88 valence electrons. The van der Waals surface area contributed by atoms with E-state index < -0.39 is 0 Å². The maximum atomic E-state index is 5.68. The smallest absolute Gasteiger partial charge is 0.145 e. The maximum absolute atomic E-state index is 5.68. The van der Waals surface area contributed by atoms with E-state index in [1.54, 1.807) is 6.20 Å². The number of pyridine rings is 1. The van der Waals surface area contributed by atoms with Crippen molar-refractivity contribution in [3.8, 4) is 11.5 Å². The Labute approximate surface area is 102 Å². The van der Waals surface area contributed by atoms with Crippen LogP contribution in [0.5, 0.6) is 11.5 Å². The summed E-state index contributed by atoms with van der Waals surface area (Å²) in [6.07, 6.45) is 2.79. The zero-order valence-corrected chi connectivity index (χ0v) is 10.3. The van der Waals surface area contributed by atoms with Crippen molar-refractivity contribution in [1.82, 2.24) is 4.98 Å². The molecular formula is C15H17NO. The standard InChI is InChI=1S/C15H17NO/c1-12(2)10-13-8-9-15(11-16-13)17-14-6-4-3-5-7-14/h3-9,11-12H,10H2,1-2H3. The lowest BCUT2D eigenvalue weighted by atomic mass is 10.1. The molecule has 0 bridgehead atoms. The molecule has 0 unspecified atom stereocenters. The molecule has 2 rings (SSSR count). The second-order valence-electron chi connectivity index (χ2n) is 4.50. The van der Waals surface area contributed by atoms with E-state index in [4.69, 9.17) is 4.74 Å². The number of aromatic nitrogens is 1. The van der Waals surface area contributed by atoms with E-state index in [2.05, 4.69) is 18.8 Å². The van der Waals surface area contributed by atoms with E-state index in [0.717, 1.165) is 23.6 Å². The molecule has 0 aliphatic heterocycles. The number of rotatable bonds is 4. The summed E-state index contributed by atoms with van der Waals surface area (Å²) in [6, 6.07) is 13.7. The second-order valence-corrected chi connectivity index (χ2v) is 4.50. The van der Waals surface area contributed by atoms with Crippen molar-refractivity contribution in [1.29, 1.82) is 0 Å². The van der Waals surface area contributed by atoms with Gasteiger partial charge >= 0.3 is 0 Å². The van der Waals surface area contributed by atoms with Crippen molar-refractivity contribution < 1.29 is 4.74 Å². The molecule has 0 amide bonds. The summed E-state index contributed by atoms with van der Waals surface area (Å²) in [5, 5.41) is 0. The Hall–Kier alpha value is -1.83. The van der Waals surface area contributed by atoms with E-state index in [-0.39, 0.29) is 0 Å². The van der Waals surface area contributed by atoms with Crippen LogP contribution in [0, 0.1) is 5.92 Å². The van der Waals surface area contributed by atoms with Gasteiger partial charge < -0.3 is 4.74 Å². The SMILES string of the molecule is CC(C)Cc1ccc(Oc2ccccc2)cn1. The minimum atomic E-state index is 0.628. The predicted molar refractivity (Wildman–Crippen MR) is 69.3 cm³/mol. The second kappa shape index (κ2) is 5.48. The molecule has 2 heteroatoms. The first-order chi connectivity index (χ1) is 8.24. The van der Waals surface area contributed by atoms with Crippen LogP contribution in [0.1, 0.15) is 19.5 Å². The Morgan fingerprint density at radius 2 is 1.76 bits per heavy atom.